The van der Waals surface area contributed by atoms with Gasteiger partial charge in [-0.25, -0.2) is 4.68 Å². The van der Waals surface area contributed by atoms with E-state index >= 15 is 0 Å². The summed E-state index contributed by atoms with van der Waals surface area (Å²) in [6, 6.07) is 12.2. The average molecular weight is 326 g/mol. The van der Waals surface area contributed by atoms with Crippen molar-refractivity contribution in [3.8, 4) is 5.69 Å². The fourth-order valence-electron chi connectivity index (χ4n) is 1.46. The number of primary amides is 2. The highest BCUT2D eigenvalue weighted by Gasteiger charge is 2.01. The van der Waals surface area contributed by atoms with Crippen molar-refractivity contribution in [2.24, 2.45) is 11.5 Å². The summed E-state index contributed by atoms with van der Waals surface area (Å²) in [6.45, 7) is 4.07. The second-order valence-corrected chi connectivity index (χ2v) is 4.73. The molecule has 1 aromatic heterocycles. The van der Waals surface area contributed by atoms with Crippen molar-refractivity contribution < 1.29 is 9.59 Å². The molecule has 0 bridgehead atoms. The van der Waals surface area contributed by atoms with E-state index in [9.17, 15) is 0 Å². The Morgan fingerprint density at radius 3 is 1.81 bits per heavy atom. The summed E-state index contributed by atoms with van der Waals surface area (Å²) >= 11 is 6.21. The first-order valence-corrected chi connectivity index (χ1v) is 6.69. The Hall–Kier alpha value is -1.93. The highest BCUT2D eigenvalue weighted by atomic mass is 32.1. The van der Waals surface area contributed by atoms with E-state index in [1.54, 1.807) is 0 Å². The zero-order valence-electron chi connectivity index (χ0n) is 11.7. The van der Waals surface area contributed by atoms with Crippen molar-refractivity contribution in [2.45, 2.75) is 13.8 Å². The molecule has 0 spiro atoms. The summed E-state index contributed by atoms with van der Waals surface area (Å²) in [7, 11) is 0. The first-order chi connectivity index (χ1) is 9.73. The molecule has 0 aliphatic heterocycles. The molecule has 0 unspecified atom stereocenters. The van der Waals surface area contributed by atoms with Crippen LogP contribution in [0.2, 0.25) is 0 Å². The van der Waals surface area contributed by atoms with Crippen LogP contribution >= 0.6 is 25.3 Å². The molecule has 4 N–H and O–H groups in total. The highest BCUT2D eigenvalue weighted by Crippen LogP contribution is 2.10. The Bertz CT molecular complexity index is 565. The average Bonchev–Trinajstić information content (AvgIpc) is 2.68. The molecule has 0 radical (unpaired) electrons. The minimum Gasteiger partial charge on any atom is -0.361 e. The SMILES string of the molecule is Cc1cc(C)n(-c2ccccc2)n1.NC(=O)S.NC(=O)S. The molecule has 1 heterocycles. The second-order valence-electron chi connectivity index (χ2n) is 3.85. The lowest BCUT2D eigenvalue weighted by Gasteiger charge is -2.02. The fourth-order valence-corrected chi connectivity index (χ4v) is 1.46. The van der Waals surface area contributed by atoms with Crippen LogP contribution in [-0.4, -0.2) is 20.3 Å². The minimum atomic E-state index is -0.639. The third-order valence-electron chi connectivity index (χ3n) is 2.01. The van der Waals surface area contributed by atoms with E-state index in [4.69, 9.17) is 9.59 Å². The Labute approximate surface area is 134 Å². The van der Waals surface area contributed by atoms with Gasteiger partial charge in [-0.05, 0) is 32.0 Å². The lowest BCUT2D eigenvalue weighted by atomic mass is 10.3. The van der Waals surface area contributed by atoms with E-state index < -0.39 is 10.5 Å². The Kier molecular flexibility index (Phi) is 8.98. The Morgan fingerprint density at radius 2 is 1.48 bits per heavy atom. The molecule has 0 aliphatic carbocycles. The third-order valence-corrected chi connectivity index (χ3v) is 2.01. The molecular weight excluding hydrogens is 308 g/mol. The number of aryl methyl sites for hydroxylation is 2. The van der Waals surface area contributed by atoms with Gasteiger partial charge < -0.3 is 11.5 Å². The summed E-state index contributed by atoms with van der Waals surface area (Å²) in [5.74, 6) is 0. The van der Waals surface area contributed by atoms with Gasteiger partial charge in [-0.15, -0.1) is 0 Å². The van der Waals surface area contributed by atoms with Gasteiger partial charge in [0, 0.05) is 5.69 Å². The standard InChI is InChI=1S/C11H12N2.2CH3NOS/c1-9-8-10(2)13(12-9)11-6-4-3-5-7-11;2*2-1(3)4/h3-8H,1-2H3;2*(H3,2,3,4). The van der Waals surface area contributed by atoms with Crippen molar-refractivity contribution in [1.29, 1.82) is 0 Å². The lowest BCUT2D eigenvalue weighted by molar-refractivity contribution is 0.266. The van der Waals surface area contributed by atoms with Gasteiger partial charge in [0.05, 0.1) is 11.4 Å². The zero-order valence-corrected chi connectivity index (χ0v) is 13.5. The molecular formula is C13H18N4O2S2. The van der Waals surface area contributed by atoms with Crippen molar-refractivity contribution in [1.82, 2.24) is 9.78 Å². The second kappa shape index (κ2) is 9.89. The molecule has 2 rings (SSSR count). The van der Waals surface area contributed by atoms with Crippen LogP contribution in [0, 0.1) is 13.8 Å². The van der Waals surface area contributed by atoms with E-state index in [0.717, 1.165) is 11.4 Å². The number of hydrogen-bond donors (Lipinski definition) is 4. The number of carbonyl (C=O) groups excluding carboxylic acids is 2. The van der Waals surface area contributed by atoms with Crippen molar-refractivity contribution in [3.05, 3.63) is 47.8 Å². The lowest BCUT2D eigenvalue weighted by Crippen LogP contribution is -1.97. The van der Waals surface area contributed by atoms with Crippen LogP contribution in [0.15, 0.2) is 36.4 Å². The summed E-state index contributed by atoms with van der Waals surface area (Å²) < 4.78 is 1.95. The Morgan fingerprint density at radius 1 is 1.05 bits per heavy atom. The predicted molar refractivity (Wildman–Crippen MR) is 90.2 cm³/mol. The molecule has 6 nitrogen and oxygen atoms in total. The van der Waals surface area contributed by atoms with E-state index in [1.807, 2.05) is 29.8 Å². The molecule has 0 saturated heterocycles. The number of rotatable bonds is 1. The van der Waals surface area contributed by atoms with Gasteiger partial charge in [-0.3, -0.25) is 9.59 Å². The number of hydrogen-bond acceptors (Lipinski definition) is 3. The quantitative estimate of drug-likeness (QED) is 0.605. The van der Waals surface area contributed by atoms with Crippen LogP contribution in [0.25, 0.3) is 5.69 Å². The number of benzene rings is 1. The number of para-hydroxylation sites is 1. The summed E-state index contributed by atoms with van der Waals surface area (Å²) in [6.07, 6.45) is 0. The number of carbonyl (C=O) groups is 2. The zero-order chi connectivity index (χ0) is 16.4. The number of nitrogens with two attached hydrogens (primary N) is 2. The van der Waals surface area contributed by atoms with Gasteiger partial charge in [0.1, 0.15) is 0 Å². The number of amides is 2. The summed E-state index contributed by atoms with van der Waals surface area (Å²) in [5, 5.41) is 3.12. The maximum Gasteiger partial charge on any atom is 0.273 e. The smallest absolute Gasteiger partial charge is 0.273 e. The highest BCUT2D eigenvalue weighted by molar-refractivity contribution is 7.96. The molecule has 2 aromatic rings. The van der Waals surface area contributed by atoms with Crippen LogP contribution in [0.4, 0.5) is 9.59 Å². The minimum absolute atomic E-state index is 0.639. The molecule has 0 aliphatic rings. The normalized spacial score (nSPS) is 8.76. The fraction of sp³-hybridized carbons (Fsp3) is 0.154. The molecule has 0 atom stereocenters. The van der Waals surface area contributed by atoms with E-state index in [1.165, 1.54) is 5.69 Å². The van der Waals surface area contributed by atoms with Gasteiger partial charge in [-0.1, -0.05) is 43.5 Å². The van der Waals surface area contributed by atoms with Gasteiger partial charge in [0.15, 0.2) is 0 Å². The monoisotopic (exact) mass is 326 g/mol. The van der Waals surface area contributed by atoms with E-state index in [2.05, 4.69) is 66.9 Å². The van der Waals surface area contributed by atoms with Crippen molar-refractivity contribution in [2.75, 3.05) is 0 Å². The van der Waals surface area contributed by atoms with Crippen LogP contribution < -0.4 is 11.5 Å². The largest absolute Gasteiger partial charge is 0.361 e. The number of thiol groups is 2. The molecule has 8 heteroatoms. The molecule has 0 saturated carbocycles. The molecule has 114 valence electrons. The number of aromatic nitrogens is 2. The van der Waals surface area contributed by atoms with Crippen LogP contribution in [0.3, 0.4) is 0 Å². The van der Waals surface area contributed by atoms with Gasteiger partial charge >= 0.3 is 0 Å². The van der Waals surface area contributed by atoms with Gasteiger partial charge in [-0.2, -0.15) is 5.10 Å². The maximum atomic E-state index is 9.09. The maximum absolute atomic E-state index is 9.09. The topological polar surface area (TPSA) is 104 Å². The Balaban J connectivity index is 0.000000421. The van der Waals surface area contributed by atoms with Crippen LogP contribution in [0.5, 0.6) is 0 Å². The van der Waals surface area contributed by atoms with Gasteiger partial charge in [0.25, 0.3) is 10.5 Å². The predicted octanol–water partition coefficient (Wildman–Crippen LogP) is 2.48. The molecule has 2 amide bonds. The van der Waals surface area contributed by atoms with Crippen LogP contribution in [-0.2, 0) is 0 Å². The first-order valence-electron chi connectivity index (χ1n) is 5.79. The summed E-state index contributed by atoms with van der Waals surface area (Å²) in [5.41, 5.74) is 12.0. The third kappa shape index (κ3) is 9.58. The van der Waals surface area contributed by atoms with E-state index in [-0.39, 0.29) is 0 Å². The van der Waals surface area contributed by atoms with Crippen molar-refractivity contribution in [3.63, 3.8) is 0 Å². The van der Waals surface area contributed by atoms with E-state index in [0.29, 0.717) is 0 Å². The molecule has 21 heavy (non-hydrogen) atoms. The molecule has 1 aromatic carbocycles. The first kappa shape index (κ1) is 19.1. The van der Waals surface area contributed by atoms with Crippen molar-refractivity contribution >= 4 is 35.7 Å². The number of nitrogens with zero attached hydrogens (tertiary/aromatic N) is 2. The summed E-state index contributed by atoms with van der Waals surface area (Å²) in [4.78, 5) is 18.2. The van der Waals surface area contributed by atoms with Crippen LogP contribution in [0.1, 0.15) is 11.4 Å². The molecule has 0 fully saturated rings. The van der Waals surface area contributed by atoms with Gasteiger partial charge in [0.2, 0.25) is 0 Å².